The Kier molecular flexibility index (Phi) is 56.0. The molecule has 0 aliphatic heterocycles. The molecule has 0 heterocycles. The standard InChI is InChI=1S/C64H128NO8P/c1-6-8-10-12-14-16-18-20-22-24-26-28-30-32-34-36-38-40-42-44-46-48-50-52-54-56-63(66)70-60-62(61-72-74(68,69)71-59-58-65(3,4)5)73-64(67)57-55-53-51-49-47-45-43-41-39-37-35-33-31-29-27-25-23-21-19-17-15-13-11-9-7-2/h62H,6-61H2,1-5H3/p+1. The van der Waals surface area contributed by atoms with Gasteiger partial charge in [-0.25, -0.2) is 4.57 Å². The first-order valence-electron chi connectivity index (χ1n) is 32.8. The van der Waals surface area contributed by atoms with Gasteiger partial charge in [-0.1, -0.05) is 322 Å². The zero-order chi connectivity index (χ0) is 54.2. The maximum absolute atomic E-state index is 12.8. The summed E-state index contributed by atoms with van der Waals surface area (Å²) in [5.41, 5.74) is 0. The largest absolute Gasteiger partial charge is 0.472 e. The number of ether oxygens (including phenoxy) is 2. The second-order valence-electron chi connectivity index (χ2n) is 23.9. The zero-order valence-electron chi connectivity index (χ0n) is 50.4. The summed E-state index contributed by atoms with van der Waals surface area (Å²) in [7, 11) is 1.51. The Labute approximate surface area is 461 Å². The Hall–Kier alpha value is -0.990. The number of hydrogen-bond donors (Lipinski definition) is 1. The van der Waals surface area contributed by atoms with Gasteiger partial charge in [-0.2, -0.15) is 0 Å². The topological polar surface area (TPSA) is 108 Å². The molecule has 0 radical (unpaired) electrons. The number of esters is 2. The van der Waals surface area contributed by atoms with Gasteiger partial charge in [0.05, 0.1) is 27.7 Å². The third-order valence-electron chi connectivity index (χ3n) is 15.1. The van der Waals surface area contributed by atoms with Crippen LogP contribution in [-0.4, -0.2) is 74.9 Å². The van der Waals surface area contributed by atoms with Crippen LogP contribution in [0.4, 0.5) is 0 Å². The molecule has 0 aliphatic rings. The van der Waals surface area contributed by atoms with Crippen LogP contribution in [0.3, 0.4) is 0 Å². The lowest BCUT2D eigenvalue weighted by atomic mass is 10.0. The quantitative estimate of drug-likeness (QED) is 0.0278. The summed E-state index contributed by atoms with van der Waals surface area (Å²) in [6, 6.07) is 0. The molecule has 10 heteroatoms. The summed E-state index contributed by atoms with van der Waals surface area (Å²) in [5.74, 6) is -0.769. The number of quaternary nitrogens is 1. The molecule has 1 N–H and O–H groups in total. The highest BCUT2D eigenvalue weighted by Crippen LogP contribution is 2.43. The molecular formula is C64H129NO8P+. The second kappa shape index (κ2) is 56.7. The summed E-state index contributed by atoms with van der Waals surface area (Å²) in [6.45, 7) is 4.53. The summed E-state index contributed by atoms with van der Waals surface area (Å²) >= 11 is 0. The summed E-state index contributed by atoms with van der Waals surface area (Å²) in [4.78, 5) is 35.8. The van der Waals surface area contributed by atoms with Crippen molar-refractivity contribution in [1.29, 1.82) is 0 Å². The number of phosphoric acid groups is 1. The van der Waals surface area contributed by atoms with Crippen molar-refractivity contribution < 1.29 is 42.1 Å². The fraction of sp³-hybridized carbons (Fsp3) is 0.969. The molecule has 442 valence electrons. The molecule has 0 bridgehead atoms. The van der Waals surface area contributed by atoms with Crippen LogP contribution in [0.15, 0.2) is 0 Å². The van der Waals surface area contributed by atoms with E-state index in [4.69, 9.17) is 18.5 Å². The van der Waals surface area contributed by atoms with Crippen LogP contribution in [0.1, 0.15) is 348 Å². The predicted octanol–water partition coefficient (Wildman–Crippen LogP) is 20.6. The van der Waals surface area contributed by atoms with E-state index in [1.54, 1.807) is 0 Å². The highest BCUT2D eigenvalue weighted by atomic mass is 31.2. The molecule has 74 heavy (non-hydrogen) atoms. The first kappa shape index (κ1) is 73.0. The van der Waals surface area contributed by atoms with Crippen molar-refractivity contribution in [3.8, 4) is 0 Å². The van der Waals surface area contributed by atoms with E-state index in [0.717, 1.165) is 38.5 Å². The predicted molar refractivity (Wildman–Crippen MR) is 317 cm³/mol. The van der Waals surface area contributed by atoms with Gasteiger partial charge in [-0.3, -0.25) is 18.6 Å². The lowest BCUT2D eigenvalue weighted by molar-refractivity contribution is -0.870. The van der Waals surface area contributed by atoms with Crippen molar-refractivity contribution >= 4 is 19.8 Å². The van der Waals surface area contributed by atoms with Crippen molar-refractivity contribution in [1.82, 2.24) is 0 Å². The number of nitrogens with zero attached hydrogens (tertiary/aromatic N) is 1. The average molecular weight is 1070 g/mol. The number of carbonyl (C=O) groups excluding carboxylic acids is 2. The second-order valence-corrected chi connectivity index (χ2v) is 25.3. The van der Waals surface area contributed by atoms with E-state index in [2.05, 4.69) is 13.8 Å². The Morgan fingerprint density at radius 3 is 0.865 bits per heavy atom. The van der Waals surface area contributed by atoms with Crippen molar-refractivity contribution in [2.24, 2.45) is 0 Å². The minimum Gasteiger partial charge on any atom is -0.462 e. The molecule has 0 spiro atoms. The molecule has 2 atom stereocenters. The molecule has 0 amide bonds. The number of phosphoric ester groups is 1. The molecule has 0 aromatic heterocycles. The van der Waals surface area contributed by atoms with E-state index in [1.165, 1.54) is 283 Å². The Morgan fingerprint density at radius 2 is 0.608 bits per heavy atom. The number of hydrogen-bond acceptors (Lipinski definition) is 7. The first-order valence-corrected chi connectivity index (χ1v) is 34.3. The molecule has 0 aliphatic carbocycles. The van der Waals surface area contributed by atoms with Crippen molar-refractivity contribution in [2.75, 3.05) is 47.5 Å². The monoisotopic (exact) mass is 1070 g/mol. The average Bonchev–Trinajstić information content (AvgIpc) is 3.36. The Morgan fingerprint density at radius 1 is 0.365 bits per heavy atom. The number of carbonyl (C=O) groups is 2. The normalized spacial score (nSPS) is 13.1. The van der Waals surface area contributed by atoms with Crippen molar-refractivity contribution in [3.63, 3.8) is 0 Å². The van der Waals surface area contributed by atoms with Gasteiger partial charge in [0.2, 0.25) is 0 Å². The van der Waals surface area contributed by atoms with E-state index in [9.17, 15) is 19.0 Å². The Balaban J connectivity index is 4.02. The van der Waals surface area contributed by atoms with E-state index in [-0.39, 0.29) is 25.6 Å². The lowest BCUT2D eigenvalue weighted by Crippen LogP contribution is -2.37. The fourth-order valence-electron chi connectivity index (χ4n) is 10.1. The molecule has 9 nitrogen and oxygen atoms in total. The van der Waals surface area contributed by atoms with Gasteiger partial charge in [-0.05, 0) is 12.8 Å². The summed E-state index contributed by atoms with van der Waals surface area (Å²) in [5, 5.41) is 0. The molecule has 0 saturated carbocycles. The molecule has 0 aromatic carbocycles. The molecular weight excluding hydrogens is 942 g/mol. The van der Waals surface area contributed by atoms with Crippen LogP contribution >= 0.6 is 7.82 Å². The fourth-order valence-corrected chi connectivity index (χ4v) is 10.8. The smallest absolute Gasteiger partial charge is 0.462 e. The van der Waals surface area contributed by atoms with Gasteiger partial charge in [0, 0.05) is 12.8 Å². The van der Waals surface area contributed by atoms with Crippen LogP contribution in [0, 0.1) is 0 Å². The maximum Gasteiger partial charge on any atom is 0.472 e. The van der Waals surface area contributed by atoms with Crippen molar-refractivity contribution in [3.05, 3.63) is 0 Å². The number of rotatable bonds is 62. The maximum atomic E-state index is 12.8. The molecule has 2 unspecified atom stereocenters. The highest BCUT2D eigenvalue weighted by Gasteiger charge is 2.27. The van der Waals surface area contributed by atoms with Crippen LogP contribution in [0.5, 0.6) is 0 Å². The summed E-state index contributed by atoms with van der Waals surface area (Å²) < 4.78 is 34.7. The van der Waals surface area contributed by atoms with Gasteiger partial charge < -0.3 is 18.9 Å². The van der Waals surface area contributed by atoms with E-state index in [0.29, 0.717) is 17.4 Å². The van der Waals surface area contributed by atoms with E-state index < -0.39 is 26.5 Å². The van der Waals surface area contributed by atoms with Gasteiger partial charge in [-0.15, -0.1) is 0 Å². The van der Waals surface area contributed by atoms with Gasteiger partial charge in [0.15, 0.2) is 6.10 Å². The zero-order valence-corrected chi connectivity index (χ0v) is 51.3. The molecule has 0 fully saturated rings. The van der Waals surface area contributed by atoms with Gasteiger partial charge >= 0.3 is 19.8 Å². The van der Waals surface area contributed by atoms with Crippen LogP contribution in [0.25, 0.3) is 0 Å². The lowest BCUT2D eigenvalue weighted by Gasteiger charge is -2.24. The van der Waals surface area contributed by atoms with E-state index in [1.807, 2.05) is 21.1 Å². The third-order valence-corrected chi connectivity index (χ3v) is 16.1. The SMILES string of the molecule is CCCCCCCCCCCCCCCCCCCCCCCCCCCC(=O)OCC(COP(=O)(O)OCC[N+](C)(C)C)OC(=O)CCCCCCCCCCCCCCCCCCCCCCCCCCC. The minimum absolute atomic E-state index is 0.0376. The van der Waals surface area contributed by atoms with E-state index >= 15 is 0 Å². The highest BCUT2D eigenvalue weighted by molar-refractivity contribution is 7.47. The van der Waals surface area contributed by atoms with Gasteiger partial charge in [0.1, 0.15) is 19.8 Å². The Bertz CT molecular complexity index is 1210. The van der Waals surface area contributed by atoms with Crippen LogP contribution in [0.2, 0.25) is 0 Å². The first-order chi connectivity index (χ1) is 36.0. The van der Waals surface area contributed by atoms with Crippen LogP contribution < -0.4 is 0 Å². The molecule has 0 aromatic rings. The van der Waals surface area contributed by atoms with Gasteiger partial charge in [0.25, 0.3) is 0 Å². The third kappa shape index (κ3) is 60.2. The number of likely N-dealkylation sites (N-methyl/N-ethyl adjacent to an activating group) is 1. The minimum atomic E-state index is -4.38. The number of unbranched alkanes of at least 4 members (excludes halogenated alkanes) is 48. The van der Waals surface area contributed by atoms with Crippen LogP contribution in [-0.2, 0) is 32.7 Å². The summed E-state index contributed by atoms with van der Waals surface area (Å²) in [6.07, 6.45) is 66.2. The molecule has 0 saturated heterocycles. The van der Waals surface area contributed by atoms with Crippen molar-refractivity contribution in [2.45, 2.75) is 354 Å². The molecule has 0 rings (SSSR count).